The molecule has 0 unspecified atom stereocenters. The molecule has 1 fully saturated rings. The molecular weight excluding hydrogens is 284 g/mol. The summed E-state index contributed by atoms with van der Waals surface area (Å²) in [5.41, 5.74) is 5.52. The van der Waals surface area contributed by atoms with Crippen LogP contribution in [-0.2, 0) is 13.6 Å². The highest BCUT2D eigenvalue weighted by Gasteiger charge is 2.15. The third-order valence-electron chi connectivity index (χ3n) is 4.98. The molecule has 122 valence electrons. The summed E-state index contributed by atoms with van der Waals surface area (Å²) < 4.78 is 1.78. The van der Waals surface area contributed by atoms with Gasteiger partial charge in [-0.05, 0) is 38.3 Å². The average Bonchev–Trinajstić information content (AvgIpc) is 3.03. The number of hydrogen-bond donors (Lipinski definition) is 1. The molecule has 2 aromatic rings. The lowest BCUT2D eigenvalue weighted by Crippen LogP contribution is -2.30. The van der Waals surface area contributed by atoms with Crippen LogP contribution in [0.25, 0.3) is 11.3 Å². The molecule has 0 amide bonds. The second-order valence-electron chi connectivity index (χ2n) is 6.79. The number of nitrogens with zero attached hydrogens (tertiary/aromatic N) is 1. The van der Waals surface area contributed by atoms with Crippen LogP contribution in [0.2, 0.25) is 0 Å². The zero-order valence-corrected chi connectivity index (χ0v) is 14.4. The summed E-state index contributed by atoms with van der Waals surface area (Å²) in [5, 5.41) is 3.53. The Hall–Kier alpha value is -1.87. The van der Waals surface area contributed by atoms with Crippen molar-refractivity contribution >= 4 is 0 Å². The topological polar surface area (TPSA) is 34.0 Å². The SMILES string of the molecule is Cc1ccc(-c2ccc(CNC3CCCC3)c(=O)n2C)c(C)c1. The van der Waals surface area contributed by atoms with Crippen LogP contribution in [0.5, 0.6) is 0 Å². The molecular formula is C20H26N2O. The highest BCUT2D eigenvalue weighted by molar-refractivity contribution is 5.64. The van der Waals surface area contributed by atoms with Crippen molar-refractivity contribution in [1.82, 2.24) is 9.88 Å². The standard InChI is InChI=1S/C20H26N2O/c1-14-8-10-18(15(2)12-14)19-11-9-16(20(23)22(19)3)13-21-17-6-4-5-7-17/h8-12,17,21H,4-7,13H2,1-3H3. The van der Waals surface area contributed by atoms with Gasteiger partial charge in [-0.25, -0.2) is 0 Å². The van der Waals surface area contributed by atoms with Crippen LogP contribution in [0.1, 0.15) is 42.4 Å². The Labute approximate surface area is 138 Å². The number of hydrogen-bond acceptors (Lipinski definition) is 2. The van der Waals surface area contributed by atoms with Gasteiger partial charge in [0.2, 0.25) is 0 Å². The first-order valence-electron chi connectivity index (χ1n) is 8.56. The van der Waals surface area contributed by atoms with Gasteiger partial charge in [0, 0.05) is 30.8 Å². The summed E-state index contributed by atoms with van der Waals surface area (Å²) in [7, 11) is 1.87. The summed E-state index contributed by atoms with van der Waals surface area (Å²) in [4.78, 5) is 12.7. The second-order valence-corrected chi connectivity index (χ2v) is 6.79. The lowest BCUT2D eigenvalue weighted by molar-refractivity contribution is 0.521. The van der Waals surface area contributed by atoms with E-state index in [0.717, 1.165) is 16.8 Å². The van der Waals surface area contributed by atoms with Gasteiger partial charge in [-0.15, -0.1) is 0 Å². The van der Waals surface area contributed by atoms with E-state index in [4.69, 9.17) is 0 Å². The highest BCUT2D eigenvalue weighted by atomic mass is 16.1. The van der Waals surface area contributed by atoms with Gasteiger partial charge in [-0.2, -0.15) is 0 Å². The fourth-order valence-corrected chi connectivity index (χ4v) is 3.58. The maximum atomic E-state index is 12.7. The Morgan fingerprint density at radius 1 is 1.13 bits per heavy atom. The smallest absolute Gasteiger partial charge is 0.255 e. The van der Waals surface area contributed by atoms with E-state index in [1.54, 1.807) is 4.57 Å². The van der Waals surface area contributed by atoms with Crippen molar-refractivity contribution < 1.29 is 0 Å². The summed E-state index contributed by atoms with van der Waals surface area (Å²) in [6, 6.07) is 11.0. The average molecular weight is 310 g/mol. The molecule has 0 radical (unpaired) electrons. The van der Waals surface area contributed by atoms with Crippen molar-refractivity contribution in [2.24, 2.45) is 7.05 Å². The summed E-state index contributed by atoms with van der Waals surface area (Å²) in [6.45, 7) is 4.86. The van der Waals surface area contributed by atoms with Crippen molar-refractivity contribution in [2.45, 2.75) is 52.1 Å². The zero-order chi connectivity index (χ0) is 16.4. The number of aromatic nitrogens is 1. The van der Waals surface area contributed by atoms with Crippen molar-refractivity contribution in [1.29, 1.82) is 0 Å². The van der Waals surface area contributed by atoms with Gasteiger partial charge < -0.3 is 9.88 Å². The number of aryl methyl sites for hydroxylation is 2. The molecule has 1 aliphatic rings. The highest BCUT2D eigenvalue weighted by Crippen LogP contribution is 2.23. The fraction of sp³-hybridized carbons (Fsp3) is 0.450. The van der Waals surface area contributed by atoms with Gasteiger partial charge in [-0.1, -0.05) is 42.7 Å². The van der Waals surface area contributed by atoms with E-state index < -0.39 is 0 Å². The van der Waals surface area contributed by atoms with E-state index in [-0.39, 0.29) is 5.56 Å². The second kappa shape index (κ2) is 6.71. The first kappa shape index (κ1) is 16.0. The van der Waals surface area contributed by atoms with Gasteiger partial charge in [0.15, 0.2) is 0 Å². The molecule has 1 saturated carbocycles. The maximum absolute atomic E-state index is 12.7. The molecule has 1 aliphatic carbocycles. The van der Waals surface area contributed by atoms with Crippen molar-refractivity contribution in [3.05, 3.63) is 57.4 Å². The van der Waals surface area contributed by atoms with Crippen LogP contribution in [0, 0.1) is 13.8 Å². The molecule has 1 aromatic carbocycles. The molecule has 0 spiro atoms. The molecule has 3 heteroatoms. The Bertz CT molecular complexity index is 755. The molecule has 23 heavy (non-hydrogen) atoms. The predicted octanol–water partition coefficient (Wildman–Crippen LogP) is 3.70. The molecule has 1 heterocycles. The van der Waals surface area contributed by atoms with Crippen LogP contribution < -0.4 is 10.9 Å². The molecule has 0 saturated heterocycles. The quantitative estimate of drug-likeness (QED) is 0.934. The van der Waals surface area contributed by atoms with Crippen LogP contribution in [0.15, 0.2) is 35.1 Å². The Morgan fingerprint density at radius 3 is 2.57 bits per heavy atom. The minimum absolute atomic E-state index is 0.105. The zero-order valence-electron chi connectivity index (χ0n) is 14.4. The summed E-state index contributed by atoms with van der Waals surface area (Å²) in [6.07, 6.45) is 5.09. The normalized spacial score (nSPS) is 15.3. The van der Waals surface area contributed by atoms with Crippen molar-refractivity contribution in [2.75, 3.05) is 0 Å². The Balaban J connectivity index is 1.86. The summed E-state index contributed by atoms with van der Waals surface area (Å²) >= 11 is 0. The van der Waals surface area contributed by atoms with E-state index in [1.807, 2.05) is 13.1 Å². The van der Waals surface area contributed by atoms with Gasteiger partial charge in [0.1, 0.15) is 0 Å². The first-order chi connectivity index (χ1) is 11.1. The number of benzene rings is 1. The molecule has 0 aliphatic heterocycles. The molecule has 3 rings (SSSR count). The monoisotopic (exact) mass is 310 g/mol. The molecule has 3 nitrogen and oxygen atoms in total. The Morgan fingerprint density at radius 2 is 1.87 bits per heavy atom. The molecule has 1 N–H and O–H groups in total. The fourth-order valence-electron chi connectivity index (χ4n) is 3.58. The number of nitrogens with one attached hydrogen (secondary N) is 1. The lowest BCUT2D eigenvalue weighted by atomic mass is 10.0. The van der Waals surface area contributed by atoms with E-state index in [9.17, 15) is 4.79 Å². The first-order valence-corrected chi connectivity index (χ1v) is 8.56. The molecule has 0 atom stereocenters. The van der Waals surface area contributed by atoms with Crippen LogP contribution in [0.4, 0.5) is 0 Å². The van der Waals surface area contributed by atoms with E-state index in [2.05, 4.69) is 43.4 Å². The largest absolute Gasteiger partial charge is 0.311 e. The van der Waals surface area contributed by atoms with Crippen molar-refractivity contribution in [3.8, 4) is 11.3 Å². The number of rotatable bonds is 4. The van der Waals surface area contributed by atoms with Gasteiger partial charge in [-0.3, -0.25) is 4.79 Å². The summed E-state index contributed by atoms with van der Waals surface area (Å²) in [5.74, 6) is 0. The maximum Gasteiger partial charge on any atom is 0.255 e. The van der Waals surface area contributed by atoms with E-state index in [0.29, 0.717) is 12.6 Å². The van der Waals surface area contributed by atoms with E-state index in [1.165, 1.54) is 36.8 Å². The lowest BCUT2D eigenvalue weighted by Gasteiger charge is -2.15. The van der Waals surface area contributed by atoms with Crippen molar-refractivity contribution in [3.63, 3.8) is 0 Å². The van der Waals surface area contributed by atoms with Gasteiger partial charge in [0.05, 0.1) is 5.69 Å². The van der Waals surface area contributed by atoms with Gasteiger partial charge >= 0.3 is 0 Å². The third kappa shape index (κ3) is 3.40. The molecule has 1 aromatic heterocycles. The van der Waals surface area contributed by atoms with Crippen LogP contribution in [0.3, 0.4) is 0 Å². The predicted molar refractivity (Wildman–Crippen MR) is 95.7 cm³/mol. The number of pyridine rings is 1. The minimum atomic E-state index is 0.105. The third-order valence-corrected chi connectivity index (χ3v) is 4.98. The van der Waals surface area contributed by atoms with E-state index >= 15 is 0 Å². The van der Waals surface area contributed by atoms with Crippen LogP contribution in [-0.4, -0.2) is 10.6 Å². The van der Waals surface area contributed by atoms with Crippen LogP contribution >= 0.6 is 0 Å². The Kier molecular flexibility index (Phi) is 4.67. The van der Waals surface area contributed by atoms with Gasteiger partial charge in [0.25, 0.3) is 5.56 Å². The molecule has 0 bridgehead atoms. The minimum Gasteiger partial charge on any atom is -0.311 e.